The van der Waals surface area contributed by atoms with Gasteiger partial charge in [0, 0.05) is 29.5 Å². The topological polar surface area (TPSA) is 67.4 Å². The molecule has 0 radical (unpaired) electrons. The lowest BCUT2D eigenvalue weighted by Crippen LogP contribution is -2.66. The first kappa shape index (κ1) is 15.9. The molecule has 4 rings (SSSR count). The Morgan fingerprint density at radius 3 is 3.08 bits per heavy atom. The maximum atomic E-state index is 12.8. The molecule has 0 aromatic heterocycles. The number of hydrogen-bond acceptors (Lipinski definition) is 5. The third kappa shape index (κ3) is 2.25. The number of hydrogen-bond donors (Lipinski definition) is 2. The quantitative estimate of drug-likeness (QED) is 0.759. The van der Waals surface area contributed by atoms with Crippen LogP contribution in [0, 0.1) is 17.8 Å². The number of ketones is 1. The smallest absolute Gasteiger partial charge is 0.307 e. The molecular weight excluding hydrogens is 304 g/mol. The largest absolute Gasteiger partial charge is 0.438 e. The Hall–Kier alpha value is -1.62. The van der Waals surface area contributed by atoms with Gasteiger partial charge in [-0.1, -0.05) is 19.9 Å². The van der Waals surface area contributed by atoms with Crippen LogP contribution in [-0.4, -0.2) is 30.1 Å². The van der Waals surface area contributed by atoms with Crippen LogP contribution in [0.5, 0.6) is 0 Å². The molecule has 4 aliphatic rings. The van der Waals surface area contributed by atoms with Crippen molar-refractivity contribution in [1.82, 2.24) is 10.6 Å². The lowest BCUT2D eigenvalue weighted by Gasteiger charge is -2.57. The van der Waals surface area contributed by atoms with E-state index < -0.39 is 6.23 Å². The molecule has 0 aromatic carbocycles. The van der Waals surface area contributed by atoms with Crippen molar-refractivity contribution in [2.24, 2.45) is 17.8 Å². The summed E-state index contributed by atoms with van der Waals surface area (Å²) >= 11 is 0. The highest BCUT2D eigenvalue weighted by molar-refractivity contribution is 5.86. The van der Waals surface area contributed by atoms with Gasteiger partial charge in [0.25, 0.3) is 0 Å². The average molecular weight is 330 g/mol. The number of piperidine rings is 1. The molecule has 5 atom stereocenters. The van der Waals surface area contributed by atoms with Crippen LogP contribution < -0.4 is 10.6 Å². The Kier molecular flexibility index (Phi) is 3.79. The molecule has 0 amide bonds. The number of ether oxygens (including phenoxy) is 1. The first-order chi connectivity index (χ1) is 11.5. The van der Waals surface area contributed by atoms with Gasteiger partial charge in [-0.2, -0.15) is 0 Å². The van der Waals surface area contributed by atoms with Gasteiger partial charge in [0.2, 0.25) is 0 Å². The predicted octanol–water partition coefficient (Wildman–Crippen LogP) is 2.05. The normalized spacial score (nSPS) is 40.5. The van der Waals surface area contributed by atoms with E-state index in [0.29, 0.717) is 18.1 Å². The summed E-state index contributed by atoms with van der Waals surface area (Å²) < 4.78 is 5.42. The van der Waals surface area contributed by atoms with Gasteiger partial charge in [0.1, 0.15) is 5.78 Å². The van der Waals surface area contributed by atoms with E-state index in [1.807, 2.05) is 6.08 Å². The number of dihydropyridines is 1. The lowest BCUT2D eigenvalue weighted by atomic mass is 9.53. The van der Waals surface area contributed by atoms with Gasteiger partial charge in [-0.3, -0.25) is 9.59 Å². The number of carbonyl (C=O) groups is 2. The van der Waals surface area contributed by atoms with Crippen molar-refractivity contribution >= 4 is 11.8 Å². The minimum absolute atomic E-state index is 0.0850. The van der Waals surface area contributed by atoms with E-state index >= 15 is 0 Å². The molecule has 2 aliphatic carbocycles. The van der Waals surface area contributed by atoms with Gasteiger partial charge in [-0.15, -0.1) is 0 Å². The van der Waals surface area contributed by atoms with E-state index in [9.17, 15) is 9.59 Å². The molecule has 2 heterocycles. The molecule has 0 unspecified atom stereocenters. The fourth-order valence-corrected chi connectivity index (χ4v) is 5.26. The number of esters is 1. The minimum Gasteiger partial charge on any atom is -0.438 e. The summed E-state index contributed by atoms with van der Waals surface area (Å²) in [6.07, 6.45) is 7.90. The molecule has 2 bridgehead atoms. The van der Waals surface area contributed by atoms with Crippen molar-refractivity contribution < 1.29 is 14.3 Å². The highest BCUT2D eigenvalue weighted by Crippen LogP contribution is 2.53. The van der Waals surface area contributed by atoms with E-state index in [1.54, 1.807) is 6.92 Å². The molecule has 2 N–H and O–H groups in total. The van der Waals surface area contributed by atoms with Crippen LogP contribution in [0.25, 0.3) is 0 Å². The van der Waals surface area contributed by atoms with Gasteiger partial charge < -0.3 is 15.4 Å². The zero-order chi connectivity index (χ0) is 16.9. The summed E-state index contributed by atoms with van der Waals surface area (Å²) in [6, 6.07) is 0. The first-order valence-electron chi connectivity index (χ1n) is 9.21. The number of allylic oxidation sites excluding steroid dienone is 1. The molecule has 0 aromatic rings. The van der Waals surface area contributed by atoms with Crippen molar-refractivity contribution in [3.05, 3.63) is 23.4 Å². The molecule has 2 aliphatic heterocycles. The second kappa shape index (κ2) is 5.73. The maximum Gasteiger partial charge on any atom is 0.307 e. The molecule has 0 spiro atoms. The molecule has 5 heteroatoms. The van der Waals surface area contributed by atoms with Crippen LogP contribution in [0.2, 0.25) is 0 Å². The molecule has 1 saturated heterocycles. The first-order valence-corrected chi connectivity index (χ1v) is 9.21. The summed E-state index contributed by atoms with van der Waals surface area (Å²) in [4.78, 5) is 24.4. The van der Waals surface area contributed by atoms with Crippen molar-refractivity contribution in [2.45, 2.75) is 57.7 Å². The molecular formula is C19H26N2O3. The Bertz CT molecular complexity index is 639. The van der Waals surface area contributed by atoms with Gasteiger partial charge in [0.15, 0.2) is 6.23 Å². The van der Waals surface area contributed by atoms with Crippen LogP contribution >= 0.6 is 0 Å². The summed E-state index contributed by atoms with van der Waals surface area (Å²) in [5, 5.41) is 7.14. The van der Waals surface area contributed by atoms with Crippen LogP contribution in [0.3, 0.4) is 0 Å². The summed E-state index contributed by atoms with van der Waals surface area (Å²) in [6.45, 7) is 4.87. The summed E-state index contributed by atoms with van der Waals surface area (Å²) in [5.74, 6) is 0.782. The lowest BCUT2D eigenvalue weighted by molar-refractivity contribution is -0.148. The van der Waals surface area contributed by atoms with Gasteiger partial charge in [-0.05, 0) is 49.8 Å². The van der Waals surface area contributed by atoms with Gasteiger partial charge >= 0.3 is 5.97 Å². The van der Waals surface area contributed by atoms with E-state index in [2.05, 4.69) is 23.6 Å². The fraction of sp³-hybridized carbons (Fsp3) is 0.684. The standard InChI is InChI=1S/C19H26N2O3/c1-3-17(22)24-16-7-6-14-15(21-16)9-12-13-5-4-8-20-19(13,14)10-11(2)18(12)23/h6-7,11-13,16,20-21H,3-5,8-10H2,1-2H3/t11-,12-,13+,16+,19+/m1/s1. The van der Waals surface area contributed by atoms with E-state index in [1.165, 1.54) is 5.57 Å². The van der Waals surface area contributed by atoms with Crippen LogP contribution in [-0.2, 0) is 14.3 Å². The highest BCUT2D eigenvalue weighted by Gasteiger charge is 2.57. The monoisotopic (exact) mass is 330 g/mol. The maximum absolute atomic E-state index is 12.8. The molecule has 130 valence electrons. The molecule has 2 fully saturated rings. The second-order valence-electron chi connectivity index (χ2n) is 7.62. The van der Waals surface area contributed by atoms with Gasteiger partial charge in [-0.25, -0.2) is 0 Å². The van der Waals surface area contributed by atoms with Crippen LogP contribution in [0.4, 0.5) is 0 Å². The highest BCUT2D eigenvalue weighted by atomic mass is 16.6. The number of nitrogens with one attached hydrogen (secondary N) is 2. The van der Waals surface area contributed by atoms with E-state index in [4.69, 9.17) is 4.74 Å². The summed E-state index contributed by atoms with van der Waals surface area (Å²) in [5.41, 5.74) is 2.28. The van der Waals surface area contributed by atoms with Crippen molar-refractivity contribution in [3.63, 3.8) is 0 Å². The van der Waals surface area contributed by atoms with Crippen molar-refractivity contribution in [3.8, 4) is 0 Å². The van der Waals surface area contributed by atoms with Crippen molar-refractivity contribution in [1.29, 1.82) is 0 Å². The molecule has 1 saturated carbocycles. The SMILES string of the molecule is CCC(=O)O[C@H]1C=CC2=C(C[C@H]3C(=O)[C@H](C)C[C@@]24NCCC[C@@H]34)N1. The zero-order valence-electron chi connectivity index (χ0n) is 14.4. The van der Waals surface area contributed by atoms with Crippen LogP contribution in [0.1, 0.15) is 46.0 Å². The Morgan fingerprint density at radius 1 is 1.46 bits per heavy atom. The van der Waals surface area contributed by atoms with Gasteiger partial charge in [0.05, 0.1) is 0 Å². The number of carbonyl (C=O) groups excluding carboxylic acids is 2. The van der Waals surface area contributed by atoms with E-state index in [-0.39, 0.29) is 23.3 Å². The van der Waals surface area contributed by atoms with Crippen LogP contribution in [0.15, 0.2) is 23.4 Å². The van der Waals surface area contributed by atoms with Crippen molar-refractivity contribution in [2.75, 3.05) is 6.54 Å². The minimum atomic E-state index is -0.416. The zero-order valence-corrected chi connectivity index (χ0v) is 14.4. The predicted molar refractivity (Wildman–Crippen MR) is 89.8 cm³/mol. The second-order valence-corrected chi connectivity index (χ2v) is 7.62. The Labute approximate surface area is 142 Å². The molecule has 24 heavy (non-hydrogen) atoms. The molecule has 5 nitrogen and oxygen atoms in total. The summed E-state index contributed by atoms with van der Waals surface area (Å²) in [7, 11) is 0. The third-order valence-corrected chi connectivity index (χ3v) is 6.26. The number of Topliss-reactive ketones (excluding diaryl/α,β-unsaturated/α-hetero) is 1. The van der Waals surface area contributed by atoms with E-state index in [0.717, 1.165) is 37.9 Å². The number of rotatable bonds is 2. The fourth-order valence-electron chi connectivity index (χ4n) is 5.26. The Balaban J connectivity index is 1.68. The Morgan fingerprint density at radius 2 is 2.29 bits per heavy atom. The average Bonchev–Trinajstić information content (AvgIpc) is 2.59. The third-order valence-electron chi connectivity index (χ3n) is 6.26.